The molecule has 8 aromatic rings. The Morgan fingerprint density at radius 2 is 1.29 bits per heavy atom. The summed E-state index contributed by atoms with van der Waals surface area (Å²) in [6.45, 7) is 9.49. The van der Waals surface area contributed by atoms with Crippen LogP contribution in [-0.4, -0.2) is 19.6 Å². The summed E-state index contributed by atoms with van der Waals surface area (Å²) in [7, 11) is 0. The Labute approximate surface area is 389 Å². The van der Waals surface area contributed by atoms with Crippen LogP contribution in [0.5, 0.6) is 5.75 Å². The molecule has 320 valence electrons. The number of benzene rings is 6. The van der Waals surface area contributed by atoms with Crippen LogP contribution in [0.15, 0.2) is 134 Å². The van der Waals surface area contributed by atoms with E-state index in [1.165, 1.54) is 12.1 Å². The molecule has 0 aliphatic rings. The summed E-state index contributed by atoms with van der Waals surface area (Å²) in [5.41, 5.74) is 6.82. The number of para-hydroxylation sites is 1. The van der Waals surface area contributed by atoms with Gasteiger partial charge >= 0.3 is 0 Å². The van der Waals surface area contributed by atoms with Crippen LogP contribution in [0.25, 0.3) is 72.7 Å². The van der Waals surface area contributed by atoms with Crippen LogP contribution in [-0.2, 0) is 16.2 Å². The number of pyridine rings is 1. The molecule has 0 saturated carbocycles. The van der Waals surface area contributed by atoms with Crippen molar-refractivity contribution in [3.63, 3.8) is 0 Å². The molecule has 0 spiro atoms. The molecule has 0 unspecified atom stereocenters. The third kappa shape index (κ3) is 8.36. The maximum atomic E-state index is 12.6. The lowest BCUT2D eigenvalue weighted by molar-refractivity contribution is 0.446. The van der Waals surface area contributed by atoms with Crippen LogP contribution < -0.4 is 0 Å². The molecule has 63 heavy (non-hydrogen) atoms. The standard InChI is InChI=1S/C59H63N3O/c1-36(2)40-25-26-51(47(32-40)39-21-15-14-16-22-39)62-52-24-18-23-46(54(52)61-56(62)48-34-45(58(8,9)10)35-49(55(48)63)59(11,12)13)42-29-43(31-44(30-42)57(5,6)7)50-33-41(27-28-60-50)53-37(3)19-17-20-38(53)4/h14-36,63H,1-13H3/i5D3,6D3,7D3,36D. The number of fused-ring (bicyclic) bond motifs is 1. The van der Waals surface area contributed by atoms with Crippen molar-refractivity contribution < 1.29 is 18.8 Å². The number of phenols is 1. The summed E-state index contributed by atoms with van der Waals surface area (Å²) in [6.07, 6.45) is 1.63. The van der Waals surface area contributed by atoms with Crippen molar-refractivity contribution in [2.24, 2.45) is 0 Å². The predicted molar refractivity (Wildman–Crippen MR) is 267 cm³/mol. The van der Waals surface area contributed by atoms with Gasteiger partial charge in [-0.15, -0.1) is 0 Å². The number of aryl methyl sites for hydroxylation is 2. The fourth-order valence-corrected chi connectivity index (χ4v) is 8.62. The number of hydrogen-bond donors (Lipinski definition) is 1. The first-order valence-corrected chi connectivity index (χ1v) is 21.5. The monoisotopic (exact) mass is 840 g/mol. The maximum absolute atomic E-state index is 12.6. The number of imidazole rings is 1. The van der Waals surface area contributed by atoms with Gasteiger partial charge in [0.15, 0.2) is 0 Å². The predicted octanol–water partition coefficient (Wildman–Crippen LogP) is 16.1. The second kappa shape index (κ2) is 16.1. The molecule has 0 fully saturated rings. The van der Waals surface area contributed by atoms with Crippen LogP contribution >= 0.6 is 0 Å². The molecular formula is C59H63N3O. The minimum Gasteiger partial charge on any atom is -0.507 e. The second-order valence-electron chi connectivity index (χ2n) is 19.2. The SMILES string of the molecule is [2H]C(C)(C)c1ccc(-n2c(-c3cc(C(C)(C)C)cc(C(C)(C)C)c3O)nc3c(-c4cc(-c5cc(-c6c(C)cccc6C)ccn5)cc(C(C([2H])([2H])[2H])(C([2H])([2H])[2H])C([2H])([2H])[2H])c4)cccc32)c(-c2ccccc2)c1. The summed E-state index contributed by atoms with van der Waals surface area (Å²) >= 11 is 0. The van der Waals surface area contributed by atoms with E-state index < -0.39 is 42.8 Å². The van der Waals surface area contributed by atoms with Crippen molar-refractivity contribution in [1.82, 2.24) is 14.5 Å². The van der Waals surface area contributed by atoms with E-state index in [4.69, 9.17) is 23.7 Å². The fraction of sp³-hybridized carbons (Fsp3) is 0.288. The molecule has 0 bridgehead atoms. The number of phenolic OH excluding ortho intramolecular Hbond substituents is 1. The van der Waals surface area contributed by atoms with Gasteiger partial charge in [0.05, 0.1) is 28.0 Å². The molecule has 2 aromatic heterocycles. The third-order valence-corrected chi connectivity index (χ3v) is 12.1. The smallest absolute Gasteiger partial charge is 0.149 e. The Morgan fingerprint density at radius 3 is 1.95 bits per heavy atom. The minimum absolute atomic E-state index is 0.0423. The van der Waals surface area contributed by atoms with Gasteiger partial charge in [-0.1, -0.05) is 155 Å². The molecule has 0 amide bonds. The first-order chi connectivity index (χ1) is 33.8. The highest BCUT2D eigenvalue weighted by Gasteiger charge is 2.30. The largest absolute Gasteiger partial charge is 0.507 e. The number of aromatic hydroxyl groups is 1. The van der Waals surface area contributed by atoms with Crippen molar-refractivity contribution in [3.05, 3.63) is 167 Å². The summed E-state index contributed by atoms with van der Waals surface area (Å²) in [5, 5.41) is 12.6. The zero-order chi connectivity index (χ0) is 53.6. The van der Waals surface area contributed by atoms with E-state index in [9.17, 15) is 5.11 Å². The number of rotatable bonds is 7. The Hall–Kier alpha value is -6.26. The number of hydrogen-bond acceptors (Lipinski definition) is 3. The summed E-state index contributed by atoms with van der Waals surface area (Å²) < 4.78 is 90.4. The molecule has 0 aliphatic heterocycles. The lowest BCUT2D eigenvalue weighted by Crippen LogP contribution is -2.17. The lowest BCUT2D eigenvalue weighted by atomic mass is 9.79. The molecule has 4 nitrogen and oxygen atoms in total. The average molecular weight is 840 g/mol. The van der Waals surface area contributed by atoms with Gasteiger partial charge in [-0.05, 0) is 135 Å². The van der Waals surface area contributed by atoms with Crippen LogP contribution in [0, 0.1) is 13.8 Å². The van der Waals surface area contributed by atoms with Crippen LogP contribution in [0.4, 0.5) is 0 Å². The average Bonchev–Trinajstić information content (AvgIpc) is 3.66. The zero-order valence-electron chi connectivity index (χ0n) is 48.0. The van der Waals surface area contributed by atoms with Gasteiger partial charge in [0.1, 0.15) is 11.6 Å². The van der Waals surface area contributed by atoms with Gasteiger partial charge in [-0.3, -0.25) is 9.55 Å². The molecule has 2 heterocycles. The van der Waals surface area contributed by atoms with Crippen LogP contribution in [0.1, 0.15) is 129 Å². The molecule has 0 radical (unpaired) electrons. The quantitative estimate of drug-likeness (QED) is 0.174. The summed E-state index contributed by atoms with van der Waals surface area (Å²) in [4.78, 5) is 10.2. The molecule has 8 rings (SSSR count). The molecule has 4 heteroatoms. The van der Waals surface area contributed by atoms with Gasteiger partial charge in [0.2, 0.25) is 0 Å². The van der Waals surface area contributed by atoms with E-state index in [-0.39, 0.29) is 11.2 Å². The van der Waals surface area contributed by atoms with Crippen LogP contribution in [0.3, 0.4) is 0 Å². The van der Waals surface area contributed by atoms with E-state index in [0.29, 0.717) is 56.1 Å². The summed E-state index contributed by atoms with van der Waals surface area (Å²) in [6, 6.07) is 39.5. The highest BCUT2D eigenvalue weighted by Crippen LogP contribution is 2.46. The molecular weight excluding hydrogens is 767 g/mol. The highest BCUT2D eigenvalue weighted by atomic mass is 16.3. The molecule has 0 saturated heterocycles. The first-order valence-electron chi connectivity index (χ1n) is 26.5. The van der Waals surface area contributed by atoms with Crippen molar-refractivity contribution in [1.29, 1.82) is 0 Å². The highest BCUT2D eigenvalue weighted by molar-refractivity contribution is 5.98. The Bertz CT molecular complexity index is 3340. The normalized spacial score (nSPS) is 15.5. The Morgan fingerprint density at radius 1 is 0.603 bits per heavy atom. The van der Waals surface area contributed by atoms with Gasteiger partial charge in [-0.25, -0.2) is 4.98 Å². The van der Waals surface area contributed by atoms with E-state index >= 15 is 0 Å². The first kappa shape index (κ1) is 32.4. The third-order valence-electron chi connectivity index (χ3n) is 12.1. The fourth-order valence-electron chi connectivity index (χ4n) is 8.62. The van der Waals surface area contributed by atoms with Gasteiger partial charge < -0.3 is 5.11 Å². The van der Waals surface area contributed by atoms with Gasteiger partial charge in [0.25, 0.3) is 0 Å². The van der Waals surface area contributed by atoms with Crippen molar-refractivity contribution >= 4 is 11.0 Å². The molecule has 6 aromatic carbocycles. The topological polar surface area (TPSA) is 50.9 Å². The Kier molecular flexibility index (Phi) is 8.30. The van der Waals surface area contributed by atoms with Crippen molar-refractivity contribution in [2.45, 2.75) is 112 Å². The van der Waals surface area contributed by atoms with E-state index in [1.54, 1.807) is 18.3 Å². The van der Waals surface area contributed by atoms with E-state index in [1.807, 2.05) is 156 Å². The maximum Gasteiger partial charge on any atom is 0.149 e. The van der Waals surface area contributed by atoms with Crippen LogP contribution in [0.2, 0.25) is 0 Å². The van der Waals surface area contributed by atoms with Crippen molar-refractivity contribution in [2.75, 3.05) is 0 Å². The van der Waals surface area contributed by atoms with Gasteiger partial charge in [-0.2, -0.15) is 0 Å². The molecule has 0 aliphatic carbocycles. The number of aromatic nitrogens is 3. The zero-order valence-corrected chi connectivity index (χ0v) is 38.0. The molecule has 0 atom stereocenters. The second-order valence-corrected chi connectivity index (χ2v) is 19.2. The van der Waals surface area contributed by atoms with Gasteiger partial charge in [0, 0.05) is 42.2 Å². The van der Waals surface area contributed by atoms with E-state index in [2.05, 4.69) is 20.8 Å². The lowest BCUT2D eigenvalue weighted by Gasteiger charge is -2.27. The Balaban J connectivity index is 1.55. The minimum atomic E-state index is -3.55. The summed E-state index contributed by atoms with van der Waals surface area (Å²) in [5.74, 6) is -0.535. The van der Waals surface area contributed by atoms with E-state index in [0.717, 1.165) is 44.5 Å². The number of nitrogens with zero attached hydrogens (tertiary/aromatic N) is 3. The molecule has 1 N–H and O–H groups in total. The van der Waals surface area contributed by atoms with Crippen molar-refractivity contribution in [3.8, 4) is 67.5 Å².